The molecular weight excluding hydrogens is 1120 g/mol. The van der Waals surface area contributed by atoms with E-state index in [1.807, 2.05) is 0 Å². The number of ketones is 2. The Kier molecular flexibility index (Phi) is 15.8. The molecule has 2 aliphatic heterocycles. The Balaban J connectivity index is 0.00000838. The zero-order valence-corrected chi connectivity index (χ0v) is 54.5. The van der Waals surface area contributed by atoms with E-state index in [1.165, 1.54) is 11.1 Å². The Morgan fingerprint density at radius 1 is 0.241 bits per heavy atom. The molecule has 8 bridgehead atoms. The van der Waals surface area contributed by atoms with E-state index in [-0.39, 0.29) is 72.5 Å². The van der Waals surface area contributed by atoms with Gasteiger partial charge in [0.15, 0.2) is 0 Å². The fourth-order valence-corrected chi connectivity index (χ4v) is 11.2. The normalized spacial score (nSPS) is 13.5. The Bertz CT molecular complexity index is 4070. The van der Waals surface area contributed by atoms with E-state index >= 15 is 0 Å². The molecule has 0 atom stereocenters. The number of fused-ring (bicyclic) bond motifs is 8. The maximum Gasteiger partial charge on any atom is 2.00 e. The smallest absolute Gasteiger partial charge is 0.357 e. The summed E-state index contributed by atoms with van der Waals surface area (Å²) in [4.78, 5) is 71.4. The van der Waals surface area contributed by atoms with Crippen molar-refractivity contribution in [2.24, 2.45) is 0 Å². The second kappa shape index (κ2) is 22.2. The standard InChI is InChI=1S/C76H80N8O2.Cu/c1-71(2,3)49-31-19-43(20-32-49)55-56(44-21-33-50(34-22-44)72(4,5)6)64-77-63(55)78-65-57(45-23-35-51(36-24-45)73(7,8)9)59(47-27-39-53(40-28-47)75(13,14)15)67(80-65)82-69-61(85)62(86)70(84-69)83-68-60(48-29-41-54(42-30-48)76(16,17)18)58(66(79-64)81-68)46-25-37-52(38-26-46)74(10,11)12;/h19-42H,1-18H3,(H2,77,78,79,80,81,82,83,84,85,86);/q;+2/p-2. The molecule has 2 aliphatic rings. The molecule has 9 aromatic rings. The second-order valence-electron chi connectivity index (χ2n) is 29.4. The van der Waals surface area contributed by atoms with Crippen LogP contribution >= 0.6 is 0 Å². The molecule has 5 heterocycles. The monoisotopic (exact) mass is 1200 g/mol. The molecule has 10 nitrogen and oxygen atoms in total. The molecule has 1 radical (unpaired) electrons. The van der Waals surface area contributed by atoms with Crippen molar-refractivity contribution in [1.82, 2.24) is 39.9 Å². The minimum atomic E-state index is -0.907. The number of carbonyl (C=O) groups excluding carboxylic acids is 2. The molecular formula is C76H78CuN8O2. The van der Waals surface area contributed by atoms with Crippen LogP contribution in [0.15, 0.2) is 146 Å². The van der Waals surface area contributed by atoms with Crippen LogP contribution in [0.5, 0.6) is 0 Å². The summed E-state index contributed by atoms with van der Waals surface area (Å²) in [6, 6.07) is 51.0. The maximum atomic E-state index is 14.6. The summed E-state index contributed by atoms with van der Waals surface area (Å²) in [5.41, 5.74) is 16.0. The van der Waals surface area contributed by atoms with Gasteiger partial charge in [0.1, 0.15) is 11.6 Å². The van der Waals surface area contributed by atoms with Gasteiger partial charge in [-0.05, 0) is 99.3 Å². The number of hydrogen-bond donors (Lipinski definition) is 0. The quantitative estimate of drug-likeness (QED) is 0.117. The summed E-state index contributed by atoms with van der Waals surface area (Å²) in [6.07, 6.45) is 0. The van der Waals surface area contributed by atoms with Gasteiger partial charge in [0, 0.05) is 56.0 Å². The van der Waals surface area contributed by atoms with Gasteiger partial charge in [-0.3, -0.25) is 9.59 Å². The van der Waals surface area contributed by atoms with E-state index in [2.05, 4.69) is 270 Å². The predicted octanol–water partition coefficient (Wildman–Crippen LogP) is 17.7. The molecule has 11 rings (SSSR count). The summed E-state index contributed by atoms with van der Waals surface area (Å²) in [5, 5.41) is 0. The van der Waals surface area contributed by atoms with Gasteiger partial charge in [0.05, 0.1) is 11.6 Å². The number of benzene rings is 6. The zero-order valence-electron chi connectivity index (χ0n) is 53.6. The van der Waals surface area contributed by atoms with Crippen LogP contribution in [-0.2, 0) is 49.6 Å². The summed E-state index contributed by atoms with van der Waals surface area (Å²) in [6.45, 7) is 39.5. The van der Waals surface area contributed by atoms with Crippen molar-refractivity contribution in [2.75, 3.05) is 0 Å². The van der Waals surface area contributed by atoms with E-state index in [4.69, 9.17) is 39.9 Å². The Hall–Kier alpha value is -8.24. The SMILES string of the molecule is CC(C)(C)c1ccc(C2=C(c3ccc(C(C)(C)C)cc3)c3nc2nc2[n-]c(nc4nc(nc5[n-]c(n3)c(-c3ccc(C(C)(C)C)cc3)c5-c3ccc(C(C)(C)C)cc3)C(=O)C4=O)c(-c3ccc(C(C)(C)C)cc3)c2-c2ccc(C(C)(C)C)cc2)cc1.[Cu+2]. The van der Waals surface area contributed by atoms with Crippen LogP contribution in [0.3, 0.4) is 0 Å². The minimum Gasteiger partial charge on any atom is -0.357 e. The first-order valence-corrected chi connectivity index (χ1v) is 29.9. The number of hydrogen-bond acceptors (Lipinski definition) is 8. The number of nitrogens with zero attached hydrogens (tertiary/aromatic N) is 8. The molecule has 11 heteroatoms. The van der Waals surface area contributed by atoms with Gasteiger partial charge in [-0.25, -0.2) is 9.97 Å². The number of aromatic nitrogens is 8. The van der Waals surface area contributed by atoms with Gasteiger partial charge in [0.25, 0.3) is 11.6 Å². The fraction of sp³-hybridized carbons (Fsp3) is 0.316. The van der Waals surface area contributed by atoms with Gasteiger partial charge in [-0.1, -0.05) is 270 Å². The van der Waals surface area contributed by atoms with Crippen molar-refractivity contribution in [3.63, 3.8) is 0 Å². The molecule has 87 heavy (non-hydrogen) atoms. The molecule has 0 aliphatic carbocycles. The van der Waals surface area contributed by atoms with Gasteiger partial charge in [-0.2, -0.15) is 0 Å². The Morgan fingerprint density at radius 2 is 0.414 bits per heavy atom. The van der Waals surface area contributed by atoms with Crippen molar-refractivity contribution in [2.45, 2.75) is 157 Å². The molecule has 445 valence electrons. The van der Waals surface area contributed by atoms with Crippen LogP contribution in [0, 0.1) is 0 Å². The van der Waals surface area contributed by atoms with Crippen LogP contribution in [0.25, 0.3) is 78.2 Å². The van der Waals surface area contributed by atoms with Gasteiger partial charge >= 0.3 is 17.1 Å². The molecule has 3 aromatic heterocycles. The summed E-state index contributed by atoms with van der Waals surface area (Å²) in [5.74, 6) is -1.76. The van der Waals surface area contributed by atoms with E-state index in [9.17, 15) is 9.59 Å². The average Bonchev–Trinajstić information content (AvgIpc) is 1.73. The van der Waals surface area contributed by atoms with Crippen LogP contribution in [0.4, 0.5) is 0 Å². The van der Waals surface area contributed by atoms with Crippen molar-refractivity contribution in [3.05, 3.63) is 213 Å². The average molecular weight is 1200 g/mol. The molecule has 0 fully saturated rings. The Morgan fingerprint density at radius 3 is 0.609 bits per heavy atom. The third-order valence-corrected chi connectivity index (χ3v) is 16.6. The maximum absolute atomic E-state index is 14.6. The van der Waals surface area contributed by atoms with E-state index in [1.54, 1.807) is 0 Å². The van der Waals surface area contributed by atoms with Crippen LogP contribution in [-0.4, -0.2) is 41.5 Å². The summed E-state index contributed by atoms with van der Waals surface area (Å²) >= 11 is 0. The molecule has 0 spiro atoms. The van der Waals surface area contributed by atoms with Gasteiger partial charge in [0.2, 0.25) is 0 Å². The van der Waals surface area contributed by atoms with Crippen molar-refractivity contribution < 1.29 is 26.7 Å². The summed E-state index contributed by atoms with van der Waals surface area (Å²) in [7, 11) is 0. The Labute approximate surface area is 523 Å². The fourth-order valence-electron chi connectivity index (χ4n) is 11.2. The van der Waals surface area contributed by atoms with Crippen molar-refractivity contribution >= 4 is 45.3 Å². The molecule has 0 amide bonds. The predicted molar refractivity (Wildman–Crippen MR) is 351 cm³/mol. The van der Waals surface area contributed by atoms with Crippen LogP contribution < -0.4 is 9.97 Å². The molecule has 0 N–H and O–H groups in total. The summed E-state index contributed by atoms with van der Waals surface area (Å²) < 4.78 is 0. The van der Waals surface area contributed by atoms with E-state index in [0.717, 1.165) is 66.8 Å². The molecule has 0 saturated carbocycles. The van der Waals surface area contributed by atoms with Gasteiger partial charge < -0.3 is 29.9 Å². The van der Waals surface area contributed by atoms with E-state index < -0.39 is 11.6 Å². The van der Waals surface area contributed by atoms with Crippen LogP contribution in [0.1, 0.15) is 202 Å². The largest absolute Gasteiger partial charge is 2.00 e. The van der Waals surface area contributed by atoms with Crippen LogP contribution in [0.2, 0.25) is 0 Å². The first-order chi connectivity index (χ1) is 40.2. The van der Waals surface area contributed by atoms with Gasteiger partial charge in [-0.15, -0.1) is 0 Å². The van der Waals surface area contributed by atoms with Crippen molar-refractivity contribution in [1.29, 1.82) is 0 Å². The molecule has 0 saturated heterocycles. The zero-order chi connectivity index (χ0) is 61.8. The topological polar surface area (TPSA) is 140 Å². The van der Waals surface area contributed by atoms with Crippen molar-refractivity contribution in [3.8, 4) is 44.5 Å². The minimum absolute atomic E-state index is 0. The van der Waals surface area contributed by atoms with E-state index in [0.29, 0.717) is 45.2 Å². The molecule has 0 unspecified atom stereocenters. The third-order valence-electron chi connectivity index (χ3n) is 16.6. The first-order valence-electron chi connectivity index (χ1n) is 29.9. The third kappa shape index (κ3) is 12.1. The number of rotatable bonds is 6. The molecule has 6 aromatic carbocycles. The number of Topliss-reactive ketones (excluding diaryl/α,β-unsaturated/α-hetero) is 2. The number of carbonyl (C=O) groups is 2. The first kappa shape index (κ1) is 61.8. The second-order valence-corrected chi connectivity index (χ2v) is 29.4.